The van der Waals surface area contributed by atoms with Crippen molar-refractivity contribution in [3.63, 3.8) is 0 Å². The molecular weight excluding hydrogens is 355 g/mol. The summed E-state index contributed by atoms with van der Waals surface area (Å²) in [7, 11) is 0. The number of piperidine rings is 1. The third kappa shape index (κ3) is 2.85. The molecule has 1 aliphatic heterocycles. The summed E-state index contributed by atoms with van der Waals surface area (Å²) in [6, 6.07) is 11.4. The molecule has 6 heteroatoms. The molecule has 0 spiro atoms. The van der Waals surface area contributed by atoms with E-state index >= 15 is 0 Å². The second-order valence-electron chi connectivity index (χ2n) is 7.51. The van der Waals surface area contributed by atoms with Gasteiger partial charge in [0, 0.05) is 54.3 Å². The van der Waals surface area contributed by atoms with Crippen molar-refractivity contribution in [3.05, 3.63) is 54.6 Å². The van der Waals surface area contributed by atoms with Crippen LogP contribution in [0.4, 0.5) is 4.39 Å². The molecule has 0 aliphatic carbocycles. The maximum atomic E-state index is 13.5. The van der Waals surface area contributed by atoms with Gasteiger partial charge in [0.2, 0.25) is 5.91 Å². The lowest BCUT2D eigenvalue weighted by atomic mass is 10.0. The Kier molecular flexibility index (Phi) is 3.93. The van der Waals surface area contributed by atoms with Crippen LogP contribution in [0.2, 0.25) is 0 Å². The molecule has 0 unspecified atom stereocenters. The van der Waals surface area contributed by atoms with E-state index in [1.54, 1.807) is 6.92 Å². The maximum absolute atomic E-state index is 13.5. The van der Waals surface area contributed by atoms with E-state index < -0.39 is 0 Å². The quantitative estimate of drug-likeness (QED) is 0.560. The van der Waals surface area contributed by atoms with Crippen molar-refractivity contribution in [2.45, 2.75) is 25.8 Å². The van der Waals surface area contributed by atoms with Crippen molar-refractivity contribution in [2.24, 2.45) is 0 Å². The molecule has 28 heavy (non-hydrogen) atoms. The predicted octanol–water partition coefficient (Wildman–Crippen LogP) is 4.51. The number of likely N-dealkylation sites (tertiary alicyclic amines) is 1. The Morgan fingerprint density at radius 1 is 1.18 bits per heavy atom. The smallest absolute Gasteiger partial charge is 0.219 e. The summed E-state index contributed by atoms with van der Waals surface area (Å²) < 4.78 is 15.5. The lowest BCUT2D eigenvalue weighted by molar-refractivity contribution is -0.130. The molecule has 1 fully saturated rings. The first kappa shape index (κ1) is 17.0. The van der Waals surface area contributed by atoms with E-state index in [2.05, 4.69) is 34.1 Å². The van der Waals surface area contributed by atoms with Crippen molar-refractivity contribution in [2.75, 3.05) is 13.1 Å². The van der Waals surface area contributed by atoms with Crippen LogP contribution in [0, 0.1) is 5.82 Å². The first-order valence-electron chi connectivity index (χ1n) is 9.60. The lowest BCUT2D eigenvalue weighted by Crippen LogP contribution is -2.37. The summed E-state index contributed by atoms with van der Waals surface area (Å²) in [6.07, 6.45) is 5.86. The van der Waals surface area contributed by atoms with Gasteiger partial charge in [-0.25, -0.2) is 4.39 Å². The number of H-pyrrole nitrogens is 1. The molecule has 0 saturated carbocycles. The minimum absolute atomic E-state index is 0.146. The maximum Gasteiger partial charge on any atom is 0.219 e. The van der Waals surface area contributed by atoms with E-state index in [1.165, 1.54) is 12.1 Å². The number of carbonyl (C=O) groups excluding carboxylic acids is 1. The number of nitrogens with zero attached hydrogens (tertiary/aromatic N) is 3. The highest BCUT2D eigenvalue weighted by molar-refractivity contribution is 5.97. The highest BCUT2D eigenvalue weighted by Crippen LogP contribution is 2.32. The number of amides is 1. The van der Waals surface area contributed by atoms with Gasteiger partial charge in [-0.15, -0.1) is 0 Å². The van der Waals surface area contributed by atoms with E-state index in [0.717, 1.165) is 58.9 Å². The Morgan fingerprint density at radius 2 is 2.00 bits per heavy atom. The van der Waals surface area contributed by atoms with Gasteiger partial charge in [0.15, 0.2) is 0 Å². The van der Waals surface area contributed by atoms with Crippen LogP contribution < -0.4 is 0 Å². The Balaban J connectivity index is 1.46. The van der Waals surface area contributed by atoms with Gasteiger partial charge in [-0.3, -0.25) is 9.48 Å². The molecule has 1 aliphatic rings. The number of aromatic nitrogens is 3. The first-order chi connectivity index (χ1) is 13.6. The Morgan fingerprint density at radius 3 is 2.79 bits per heavy atom. The average Bonchev–Trinajstić information content (AvgIpc) is 3.31. The molecule has 5 rings (SSSR count). The largest absolute Gasteiger partial charge is 0.360 e. The van der Waals surface area contributed by atoms with Crippen LogP contribution in [0.5, 0.6) is 0 Å². The van der Waals surface area contributed by atoms with Gasteiger partial charge in [-0.1, -0.05) is 12.1 Å². The summed E-state index contributed by atoms with van der Waals surface area (Å²) >= 11 is 0. The SMILES string of the molecule is CC(=O)N1CCC(n2cc3ccc(-c4c[nH]c5cc(F)ccc45)cc3n2)CC1. The molecule has 2 aromatic carbocycles. The van der Waals surface area contributed by atoms with Gasteiger partial charge >= 0.3 is 0 Å². The standard InChI is InChI=1S/C22H21FN4O/c1-14(28)26-8-6-18(7-9-26)27-13-16-3-2-15(10-21(16)25-27)20-12-24-22-11-17(23)4-5-19(20)22/h2-5,10-13,18,24H,6-9H2,1H3. The first-order valence-corrected chi connectivity index (χ1v) is 9.60. The van der Waals surface area contributed by atoms with Gasteiger partial charge in [0.05, 0.1) is 11.6 Å². The third-order valence-electron chi connectivity index (χ3n) is 5.76. The summed E-state index contributed by atoms with van der Waals surface area (Å²) in [4.78, 5) is 16.6. The number of carbonyl (C=O) groups is 1. The van der Waals surface area contributed by atoms with Crippen LogP contribution in [-0.4, -0.2) is 38.7 Å². The van der Waals surface area contributed by atoms with Crippen LogP contribution in [0.3, 0.4) is 0 Å². The van der Waals surface area contributed by atoms with Crippen molar-refractivity contribution < 1.29 is 9.18 Å². The highest BCUT2D eigenvalue weighted by Gasteiger charge is 2.22. The minimum atomic E-state index is -0.245. The second-order valence-corrected chi connectivity index (χ2v) is 7.51. The molecule has 142 valence electrons. The van der Waals surface area contributed by atoms with Crippen molar-refractivity contribution in [3.8, 4) is 11.1 Å². The highest BCUT2D eigenvalue weighted by atomic mass is 19.1. The fourth-order valence-corrected chi connectivity index (χ4v) is 4.17. The van der Waals surface area contributed by atoms with Crippen molar-refractivity contribution in [1.29, 1.82) is 0 Å². The number of nitrogens with one attached hydrogen (secondary N) is 1. The van der Waals surface area contributed by atoms with Crippen molar-refractivity contribution >= 4 is 27.7 Å². The average molecular weight is 376 g/mol. The number of rotatable bonds is 2. The van der Waals surface area contributed by atoms with E-state index in [9.17, 15) is 9.18 Å². The van der Waals surface area contributed by atoms with Crippen LogP contribution in [0.1, 0.15) is 25.8 Å². The number of halogens is 1. The van der Waals surface area contributed by atoms with Crippen LogP contribution in [0.25, 0.3) is 32.9 Å². The van der Waals surface area contributed by atoms with Crippen molar-refractivity contribution in [1.82, 2.24) is 19.7 Å². The molecule has 0 atom stereocenters. The Labute approximate surface area is 161 Å². The summed E-state index contributed by atoms with van der Waals surface area (Å²) in [5.41, 5.74) is 3.84. The van der Waals surface area contributed by atoms with Crippen LogP contribution in [-0.2, 0) is 4.79 Å². The van der Waals surface area contributed by atoms with Gasteiger partial charge in [-0.05, 0) is 42.7 Å². The number of benzene rings is 2. The van der Waals surface area contributed by atoms with Gasteiger partial charge in [0.1, 0.15) is 5.82 Å². The summed E-state index contributed by atoms with van der Waals surface area (Å²) in [5.74, 6) is -0.0988. The molecule has 3 heterocycles. The van der Waals surface area contributed by atoms with Gasteiger partial charge in [0.25, 0.3) is 0 Å². The summed E-state index contributed by atoms with van der Waals surface area (Å²) in [5, 5.41) is 6.91. The second kappa shape index (κ2) is 6.48. The molecule has 4 aromatic rings. The molecule has 1 amide bonds. The number of fused-ring (bicyclic) bond motifs is 2. The molecule has 0 radical (unpaired) electrons. The van der Waals surface area contributed by atoms with Crippen LogP contribution >= 0.6 is 0 Å². The zero-order valence-corrected chi connectivity index (χ0v) is 15.7. The molecule has 2 aromatic heterocycles. The number of aromatic amines is 1. The number of hydrogen-bond acceptors (Lipinski definition) is 2. The zero-order valence-electron chi connectivity index (χ0n) is 15.7. The summed E-state index contributed by atoms with van der Waals surface area (Å²) in [6.45, 7) is 3.20. The van der Waals surface area contributed by atoms with E-state index in [-0.39, 0.29) is 11.7 Å². The van der Waals surface area contributed by atoms with Crippen LogP contribution in [0.15, 0.2) is 48.8 Å². The number of hydrogen-bond donors (Lipinski definition) is 1. The van der Waals surface area contributed by atoms with E-state index in [1.807, 2.05) is 17.2 Å². The van der Waals surface area contributed by atoms with E-state index in [4.69, 9.17) is 5.10 Å². The predicted molar refractivity (Wildman–Crippen MR) is 108 cm³/mol. The molecule has 0 bridgehead atoms. The Bertz CT molecular complexity index is 1180. The normalized spacial score (nSPS) is 15.6. The molecule has 1 saturated heterocycles. The monoisotopic (exact) mass is 376 g/mol. The lowest BCUT2D eigenvalue weighted by Gasteiger charge is -2.31. The fraction of sp³-hybridized carbons (Fsp3) is 0.273. The van der Waals surface area contributed by atoms with E-state index in [0.29, 0.717) is 6.04 Å². The third-order valence-corrected chi connectivity index (χ3v) is 5.76. The molecular formula is C22H21FN4O. The van der Waals surface area contributed by atoms with Gasteiger partial charge in [-0.2, -0.15) is 5.10 Å². The van der Waals surface area contributed by atoms with Gasteiger partial charge < -0.3 is 9.88 Å². The molecule has 5 nitrogen and oxygen atoms in total. The topological polar surface area (TPSA) is 53.9 Å². The zero-order chi connectivity index (χ0) is 19.3. The fourth-order valence-electron chi connectivity index (χ4n) is 4.17. The minimum Gasteiger partial charge on any atom is -0.360 e. The molecule has 1 N–H and O–H groups in total. The Hall–Kier alpha value is -3.15.